The average Bonchev–Trinajstić information content (AvgIpc) is 3.07. The Labute approximate surface area is 178 Å². The fourth-order valence-electron chi connectivity index (χ4n) is 3.92. The highest BCUT2D eigenvalue weighted by atomic mass is 32.2. The van der Waals surface area contributed by atoms with E-state index in [4.69, 9.17) is 5.14 Å². The van der Waals surface area contributed by atoms with Gasteiger partial charge in [0.25, 0.3) is 5.91 Å². The maximum absolute atomic E-state index is 13.5. The molecule has 1 aromatic heterocycles. The molecule has 3 N–H and O–H groups in total. The summed E-state index contributed by atoms with van der Waals surface area (Å²) in [4.78, 5) is 13.0. The quantitative estimate of drug-likeness (QED) is 0.620. The number of aromatic nitrogens is 2. The number of primary sulfonamides is 1. The third kappa shape index (κ3) is 4.75. The molecule has 31 heavy (non-hydrogen) atoms. The summed E-state index contributed by atoms with van der Waals surface area (Å²) in [6.45, 7) is 0.352. The highest BCUT2D eigenvalue weighted by Gasteiger charge is 2.35. The summed E-state index contributed by atoms with van der Waals surface area (Å²) in [5.74, 6) is -3.10. The number of carbonyl (C=O) groups is 1. The third-order valence-electron chi connectivity index (χ3n) is 5.55. The third-order valence-corrected chi connectivity index (χ3v) is 6.46. The Morgan fingerprint density at radius 2 is 1.87 bits per heavy atom. The van der Waals surface area contributed by atoms with E-state index in [1.54, 1.807) is 35.0 Å². The number of benzene rings is 2. The van der Waals surface area contributed by atoms with E-state index < -0.39 is 21.9 Å². The Balaban J connectivity index is 1.63. The molecule has 164 valence electrons. The summed E-state index contributed by atoms with van der Waals surface area (Å²) in [7, 11) is -3.92. The summed E-state index contributed by atoms with van der Waals surface area (Å²) in [5, 5.41) is 13.0. The largest absolute Gasteiger partial charge is 0.321 e. The molecule has 1 aliphatic carbocycles. The smallest absolute Gasteiger partial charge is 0.274 e. The first-order chi connectivity index (χ1) is 14.6. The number of rotatable bonds is 5. The second-order valence-corrected chi connectivity index (χ2v) is 9.44. The molecule has 0 atom stereocenters. The monoisotopic (exact) mass is 448 g/mol. The zero-order valence-corrected chi connectivity index (χ0v) is 17.4. The summed E-state index contributed by atoms with van der Waals surface area (Å²) in [6.07, 6.45) is 0.391. The number of sulfonamides is 1. The molecule has 1 fully saturated rings. The second-order valence-electron chi connectivity index (χ2n) is 7.87. The van der Waals surface area contributed by atoms with Crippen LogP contribution >= 0.6 is 0 Å². The first kappa shape index (κ1) is 21.4. The van der Waals surface area contributed by atoms with Crippen LogP contribution in [0.3, 0.4) is 0 Å². The van der Waals surface area contributed by atoms with E-state index in [2.05, 4.69) is 10.4 Å². The lowest BCUT2D eigenvalue weighted by Crippen LogP contribution is -2.28. The number of anilines is 1. The number of carbonyl (C=O) groups excluding carboxylic acids is 1. The van der Waals surface area contributed by atoms with E-state index in [1.807, 2.05) is 0 Å². The number of hydrogen-bond donors (Lipinski definition) is 2. The summed E-state index contributed by atoms with van der Waals surface area (Å²) in [6, 6.07) is 12.8. The normalized spacial score (nSPS) is 17.0. The van der Waals surface area contributed by atoms with Crippen LogP contribution < -0.4 is 10.5 Å². The lowest BCUT2D eigenvalue weighted by molar-refractivity contribution is -0.0476. The molecule has 1 saturated carbocycles. The van der Waals surface area contributed by atoms with Gasteiger partial charge in [0, 0.05) is 30.5 Å². The second kappa shape index (κ2) is 8.01. The minimum Gasteiger partial charge on any atom is -0.321 e. The van der Waals surface area contributed by atoms with Crippen LogP contribution in [0.15, 0.2) is 53.4 Å². The van der Waals surface area contributed by atoms with Gasteiger partial charge in [-0.1, -0.05) is 24.3 Å². The maximum atomic E-state index is 13.5. The van der Waals surface area contributed by atoms with Crippen molar-refractivity contribution in [3.63, 3.8) is 0 Å². The van der Waals surface area contributed by atoms with Gasteiger partial charge in [-0.05, 0) is 43.0 Å². The molecule has 0 unspecified atom stereocenters. The van der Waals surface area contributed by atoms with Gasteiger partial charge in [0.05, 0.1) is 10.4 Å². The van der Waals surface area contributed by atoms with Crippen LogP contribution in [0.5, 0.6) is 0 Å². The molecule has 1 heterocycles. The molecule has 4 rings (SSSR count). The number of hydrogen-bond acceptors (Lipinski definition) is 4. The van der Waals surface area contributed by atoms with Crippen molar-refractivity contribution in [1.82, 2.24) is 9.78 Å². The van der Waals surface area contributed by atoms with Gasteiger partial charge in [0.1, 0.15) is 5.69 Å². The molecular weight excluding hydrogens is 426 g/mol. The van der Waals surface area contributed by atoms with Crippen molar-refractivity contribution in [3.8, 4) is 0 Å². The fraction of sp³-hybridized carbons (Fsp3) is 0.333. The predicted molar refractivity (Wildman–Crippen MR) is 112 cm³/mol. The van der Waals surface area contributed by atoms with E-state index in [0.717, 1.165) is 0 Å². The molecule has 0 radical (unpaired) electrons. The average molecular weight is 448 g/mol. The molecule has 0 spiro atoms. The molecule has 3 aromatic rings. The number of amides is 1. The first-order valence-corrected chi connectivity index (χ1v) is 11.4. The van der Waals surface area contributed by atoms with Crippen LogP contribution in [0.4, 0.5) is 14.5 Å². The van der Waals surface area contributed by atoms with Crippen LogP contribution in [0.25, 0.3) is 10.9 Å². The van der Waals surface area contributed by atoms with E-state index in [9.17, 15) is 22.0 Å². The Kier molecular flexibility index (Phi) is 5.52. The maximum Gasteiger partial charge on any atom is 0.274 e. The molecule has 2 aromatic carbocycles. The number of fused-ring (bicyclic) bond motifs is 1. The van der Waals surface area contributed by atoms with Gasteiger partial charge in [-0.2, -0.15) is 5.10 Å². The van der Waals surface area contributed by atoms with Gasteiger partial charge >= 0.3 is 0 Å². The van der Waals surface area contributed by atoms with Crippen molar-refractivity contribution < 1.29 is 22.0 Å². The highest BCUT2D eigenvalue weighted by molar-refractivity contribution is 7.89. The molecule has 1 amide bonds. The molecule has 0 aliphatic heterocycles. The Morgan fingerprint density at radius 1 is 1.16 bits per heavy atom. The van der Waals surface area contributed by atoms with Crippen molar-refractivity contribution in [2.24, 2.45) is 11.1 Å². The van der Waals surface area contributed by atoms with E-state index in [0.29, 0.717) is 36.0 Å². The molecule has 1 aliphatic rings. The zero-order chi connectivity index (χ0) is 22.2. The Morgan fingerprint density at radius 3 is 2.58 bits per heavy atom. The number of halogens is 2. The SMILES string of the molecule is NS(=O)(=O)c1cccc(NC(=O)c2c3ccccc3nn2CC2CCC(F)(F)CC2)c1. The predicted octanol–water partition coefficient (Wildman–Crippen LogP) is 3.76. The van der Waals surface area contributed by atoms with Gasteiger partial charge in [0.2, 0.25) is 15.9 Å². The van der Waals surface area contributed by atoms with Crippen LogP contribution in [0.2, 0.25) is 0 Å². The van der Waals surface area contributed by atoms with Crippen LogP contribution in [0.1, 0.15) is 36.2 Å². The summed E-state index contributed by atoms with van der Waals surface area (Å²) < 4.78 is 51.8. The summed E-state index contributed by atoms with van der Waals surface area (Å²) >= 11 is 0. The Hall–Kier alpha value is -2.85. The number of nitrogens with one attached hydrogen (secondary N) is 1. The van der Waals surface area contributed by atoms with Crippen molar-refractivity contribution in [2.45, 2.75) is 43.0 Å². The molecule has 10 heteroatoms. The fourth-order valence-corrected chi connectivity index (χ4v) is 4.48. The molecule has 0 saturated heterocycles. The van der Waals surface area contributed by atoms with Gasteiger partial charge in [0.15, 0.2) is 0 Å². The van der Waals surface area contributed by atoms with E-state index >= 15 is 0 Å². The van der Waals surface area contributed by atoms with Gasteiger partial charge < -0.3 is 5.32 Å². The van der Waals surface area contributed by atoms with Gasteiger partial charge in [-0.3, -0.25) is 9.48 Å². The topological polar surface area (TPSA) is 107 Å². The van der Waals surface area contributed by atoms with Crippen molar-refractivity contribution >= 4 is 32.5 Å². The summed E-state index contributed by atoms with van der Waals surface area (Å²) in [5.41, 5.74) is 1.19. The minimum absolute atomic E-state index is 0.00815. The van der Waals surface area contributed by atoms with Crippen molar-refractivity contribution in [2.75, 3.05) is 5.32 Å². The van der Waals surface area contributed by atoms with E-state index in [1.165, 1.54) is 18.2 Å². The number of nitrogens with two attached hydrogens (primary N) is 1. The molecule has 7 nitrogen and oxygen atoms in total. The molecule has 0 bridgehead atoms. The zero-order valence-electron chi connectivity index (χ0n) is 16.6. The number of alkyl halides is 2. The van der Waals surface area contributed by atoms with Crippen molar-refractivity contribution in [1.29, 1.82) is 0 Å². The minimum atomic E-state index is -3.92. The van der Waals surface area contributed by atoms with E-state index in [-0.39, 0.29) is 29.3 Å². The molecular formula is C21H22F2N4O3S. The highest BCUT2D eigenvalue weighted by Crippen LogP contribution is 2.37. The van der Waals surface area contributed by atoms with Crippen LogP contribution in [-0.4, -0.2) is 30.0 Å². The first-order valence-electron chi connectivity index (χ1n) is 9.90. The lowest BCUT2D eigenvalue weighted by atomic mass is 9.87. The van der Waals surface area contributed by atoms with Gasteiger partial charge in [-0.25, -0.2) is 22.3 Å². The van der Waals surface area contributed by atoms with Crippen LogP contribution in [-0.2, 0) is 16.6 Å². The van der Waals surface area contributed by atoms with Crippen molar-refractivity contribution in [3.05, 3.63) is 54.2 Å². The van der Waals surface area contributed by atoms with Gasteiger partial charge in [-0.15, -0.1) is 0 Å². The van der Waals surface area contributed by atoms with Crippen LogP contribution in [0, 0.1) is 5.92 Å². The lowest BCUT2D eigenvalue weighted by Gasteiger charge is -2.28. The Bertz CT molecular complexity index is 1230. The standard InChI is InChI=1S/C21H22F2N4O3S/c22-21(23)10-8-14(9-11-21)13-27-19(17-6-1-2-7-18(17)26-27)20(28)25-15-4-3-5-16(12-15)31(24,29)30/h1-7,12,14H,8-11,13H2,(H,25,28)(H2,24,29,30). The number of nitrogens with zero attached hydrogens (tertiary/aromatic N) is 2.